The molecule has 2 rings (SSSR count). The molecule has 7 heteroatoms. The second kappa shape index (κ2) is 7.94. The molecular formula is C18H26N5O2+. The van der Waals surface area contributed by atoms with Gasteiger partial charge in [0.05, 0.1) is 24.1 Å². The van der Waals surface area contributed by atoms with Crippen molar-refractivity contribution in [1.82, 2.24) is 15.1 Å². The predicted octanol–water partition coefficient (Wildman–Crippen LogP) is 0.0499. The number of carbonyl (C=O) groups is 2. The molecule has 0 saturated heterocycles. The molecule has 2 amide bonds. The molecule has 1 heterocycles. The first-order valence-electron chi connectivity index (χ1n) is 8.24. The maximum Gasteiger partial charge on any atom is 0.279 e. The van der Waals surface area contributed by atoms with Crippen molar-refractivity contribution in [1.29, 1.82) is 0 Å². The zero-order valence-corrected chi connectivity index (χ0v) is 15.4. The molecule has 1 aromatic carbocycles. The van der Waals surface area contributed by atoms with Gasteiger partial charge in [-0.15, -0.1) is 0 Å². The van der Waals surface area contributed by atoms with E-state index >= 15 is 0 Å². The Balaban J connectivity index is 1.92. The smallest absolute Gasteiger partial charge is 0.279 e. The van der Waals surface area contributed by atoms with Crippen LogP contribution in [-0.4, -0.2) is 42.2 Å². The van der Waals surface area contributed by atoms with Crippen LogP contribution in [0.1, 0.15) is 27.3 Å². The topological polar surface area (TPSA) is 80.5 Å². The van der Waals surface area contributed by atoms with Crippen LogP contribution in [0.3, 0.4) is 0 Å². The Bertz CT molecular complexity index is 765. The van der Waals surface area contributed by atoms with Gasteiger partial charge in [-0.3, -0.25) is 14.3 Å². The lowest BCUT2D eigenvalue weighted by Crippen LogP contribution is -3.08. The summed E-state index contributed by atoms with van der Waals surface area (Å²) >= 11 is 0. The fourth-order valence-corrected chi connectivity index (χ4v) is 2.74. The summed E-state index contributed by atoms with van der Waals surface area (Å²) in [6.45, 7) is 4.87. The van der Waals surface area contributed by atoms with E-state index in [4.69, 9.17) is 0 Å². The van der Waals surface area contributed by atoms with Gasteiger partial charge < -0.3 is 15.5 Å². The summed E-state index contributed by atoms with van der Waals surface area (Å²) in [5.41, 5.74) is 4.25. The third kappa shape index (κ3) is 4.67. The molecule has 0 aliphatic heterocycles. The molecule has 1 unspecified atom stereocenters. The largest absolute Gasteiger partial charge is 0.355 e. The van der Waals surface area contributed by atoms with Crippen LogP contribution in [-0.2, 0) is 18.4 Å². The number of quaternary nitrogens is 1. The molecule has 0 spiro atoms. The fourth-order valence-electron chi connectivity index (χ4n) is 2.74. The molecule has 0 saturated carbocycles. The lowest BCUT2D eigenvalue weighted by molar-refractivity contribution is -0.885. The highest BCUT2D eigenvalue weighted by atomic mass is 16.2. The van der Waals surface area contributed by atoms with Crippen LogP contribution in [0, 0.1) is 13.8 Å². The van der Waals surface area contributed by atoms with E-state index < -0.39 is 0 Å². The van der Waals surface area contributed by atoms with Gasteiger partial charge in [0.15, 0.2) is 6.54 Å². The summed E-state index contributed by atoms with van der Waals surface area (Å²) in [6.07, 6.45) is 0. The molecule has 0 aliphatic rings. The third-order valence-corrected chi connectivity index (χ3v) is 4.18. The second-order valence-corrected chi connectivity index (χ2v) is 6.30. The lowest BCUT2D eigenvalue weighted by Gasteiger charge is -2.14. The van der Waals surface area contributed by atoms with Crippen LogP contribution in [0.25, 0.3) is 0 Å². The number of rotatable bonds is 6. The minimum atomic E-state index is -0.103. The predicted molar refractivity (Wildman–Crippen MR) is 96.6 cm³/mol. The van der Waals surface area contributed by atoms with E-state index in [1.54, 1.807) is 23.9 Å². The number of anilines is 1. The zero-order chi connectivity index (χ0) is 18.6. The van der Waals surface area contributed by atoms with Crippen molar-refractivity contribution in [2.45, 2.75) is 20.4 Å². The van der Waals surface area contributed by atoms with Crippen LogP contribution in [0.4, 0.5) is 5.69 Å². The first kappa shape index (κ1) is 18.7. The maximum absolute atomic E-state index is 12.3. The first-order valence-corrected chi connectivity index (χ1v) is 8.24. The van der Waals surface area contributed by atoms with E-state index in [2.05, 4.69) is 15.7 Å². The van der Waals surface area contributed by atoms with Crippen LogP contribution >= 0.6 is 0 Å². The van der Waals surface area contributed by atoms with E-state index in [9.17, 15) is 9.59 Å². The van der Waals surface area contributed by atoms with Crippen LogP contribution in [0.15, 0.2) is 24.3 Å². The Hall–Kier alpha value is -2.67. The number of amides is 2. The third-order valence-electron chi connectivity index (χ3n) is 4.18. The van der Waals surface area contributed by atoms with Crippen molar-refractivity contribution in [2.75, 3.05) is 26.0 Å². The second-order valence-electron chi connectivity index (χ2n) is 6.30. The van der Waals surface area contributed by atoms with Crippen molar-refractivity contribution in [3.63, 3.8) is 0 Å². The van der Waals surface area contributed by atoms with E-state index in [0.717, 1.165) is 27.5 Å². The van der Waals surface area contributed by atoms with E-state index in [-0.39, 0.29) is 11.8 Å². The molecule has 0 radical (unpaired) electrons. The summed E-state index contributed by atoms with van der Waals surface area (Å²) in [5.74, 6) is -0.146. The standard InChI is InChI=1S/C18H25N5O2/c1-12-17(13(2)23(5)21-12)20-16(24)11-22(4)10-14-6-8-15(9-7-14)18(25)19-3/h6-9H,10-11H2,1-5H3,(H,19,25)(H,20,24)/p+1. The van der Waals surface area contributed by atoms with Crippen LogP contribution in [0.2, 0.25) is 0 Å². The average Bonchev–Trinajstić information content (AvgIpc) is 2.81. The van der Waals surface area contributed by atoms with Crippen molar-refractivity contribution in [3.05, 3.63) is 46.8 Å². The molecule has 7 nitrogen and oxygen atoms in total. The number of aryl methyl sites for hydroxylation is 2. The molecule has 2 aromatic rings. The Morgan fingerprint density at radius 3 is 2.36 bits per heavy atom. The number of aromatic nitrogens is 2. The highest BCUT2D eigenvalue weighted by Crippen LogP contribution is 2.17. The van der Waals surface area contributed by atoms with Gasteiger partial charge in [-0.1, -0.05) is 12.1 Å². The molecule has 0 fully saturated rings. The molecule has 134 valence electrons. The van der Waals surface area contributed by atoms with Gasteiger partial charge in [0.25, 0.3) is 11.8 Å². The highest BCUT2D eigenvalue weighted by Gasteiger charge is 2.16. The maximum atomic E-state index is 12.3. The minimum Gasteiger partial charge on any atom is -0.355 e. The molecule has 1 aromatic heterocycles. The van der Waals surface area contributed by atoms with Gasteiger partial charge >= 0.3 is 0 Å². The van der Waals surface area contributed by atoms with Gasteiger partial charge in [-0.05, 0) is 26.0 Å². The van der Waals surface area contributed by atoms with E-state index in [0.29, 0.717) is 18.7 Å². The molecule has 0 aliphatic carbocycles. The first-order chi connectivity index (χ1) is 11.8. The molecular weight excluding hydrogens is 318 g/mol. The van der Waals surface area contributed by atoms with Crippen LogP contribution in [0.5, 0.6) is 0 Å². The summed E-state index contributed by atoms with van der Waals surface area (Å²) in [4.78, 5) is 24.9. The Morgan fingerprint density at radius 1 is 1.20 bits per heavy atom. The van der Waals surface area contributed by atoms with Gasteiger partial charge in [0.2, 0.25) is 0 Å². The normalized spacial score (nSPS) is 11.9. The molecule has 0 bridgehead atoms. The van der Waals surface area contributed by atoms with Crippen molar-refractivity contribution in [2.24, 2.45) is 7.05 Å². The van der Waals surface area contributed by atoms with Gasteiger partial charge in [-0.25, -0.2) is 0 Å². The summed E-state index contributed by atoms with van der Waals surface area (Å²) in [6, 6.07) is 7.43. The quantitative estimate of drug-likeness (QED) is 0.693. The van der Waals surface area contributed by atoms with E-state index in [1.165, 1.54) is 0 Å². The monoisotopic (exact) mass is 344 g/mol. The number of likely N-dealkylation sites (N-methyl/N-ethyl adjacent to an activating group) is 1. The van der Waals surface area contributed by atoms with Gasteiger partial charge in [0.1, 0.15) is 6.54 Å². The van der Waals surface area contributed by atoms with Gasteiger partial charge in [0, 0.05) is 25.2 Å². The number of nitrogens with zero attached hydrogens (tertiary/aromatic N) is 2. The van der Waals surface area contributed by atoms with E-state index in [1.807, 2.05) is 40.1 Å². The minimum absolute atomic E-state index is 0.0429. The van der Waals surface area contributed by atoms with Crippen molar-refractivity contribution < 1.29 is 14.5 Å². The lowest BCUT2D eigenvalue weighted by atomic mass is 10.1. The Kier molecular flexibility index (Phi) is 5.93. The zero-order valence-electron chi connectivity index (χ0n) is 15.4. The number of carbonyl (C=O) groups excluding carboxylic acids is 2. The average molecular weight is 344 g/mol. The Labute approximate surface area is 148 Å². The van der Waals surface area contributed by atoms with Crippen molar-refractivity contribution in [3.8, 4) is 0 Å². The highest BCUT2D eigenvalue weighted by molar-refractivity contribution is 5.94. The van der Waals surface area contributed by atoms with Gasteiger partial charge in [-0.2, -0.15) is 5.10 Å². The van der Waals surface area contributed by atoms with Crippen LogP contribution < -0.4 is 15.5 Å². The molecule has 1 atom stereocenters. The Morgan fingerprint density at radius 2 is 1.84 bits per heavy atom. The molecule has 25 heavy (non-hydrogen) atoms. The van der Waals surface area contributed by atoms with Crippen molar-refractivity contribution >= 4 is 17.5 Å². The SMILES string of the molecule is CNC(=O)c1ccc(C[NH+](C)CC(=O)Nc2c(C)nn(C)c2C)cc1. The number of hydrogen-bond acceptors (Lipinski definition) is 3. The summed E-state index contributed by atoms with van der Waals surface area (Å²) in [5, 5.41) is 9.85. The fraction of sp³-hybridized carbons (Fsp3) is 0.389. The molecule has 3 N–H and O–H groups in total. The summed E-state index contributed by atoms with van der Waals surface area (Å²) in [7, 11) is 5.44. The number of nitrogens with one attached hydrogen (secondary N) is 3. The number of hydrogen-bond donors (Lipinski definition) is 3. The summed E-state index contributed by atoms with van der Waals surface area (Å²) < 4.78 is 1.76. The number of benzene rings is 1.